The van der Waals surface area contributed by atoms with Crippen molar-refractivity contribution in [2.75, 3.05) is 0 Å². The second-order valence-corrected chi connectivity index (χ2v) is 4.80. The third-order valence-corrected chi connectivity index (χ3v) is 3.07. The van der Waals surface area contributed by atoms with Gasteiger partial charge in [-0.2, -0.15) is 5.10 Å². The molecule has 0 atom stereocenters. The molecular weight excluding hydrogens is 297 g/mol. The van der Waals surface area contributed by atoms with Gasteiger partial charge in [0.05, 0.1) is 11.9 Å². The van der Waals surface area contributed by atoms with E-state index in [0.29, 0.717) is 17.2 Å². The minimum absolute atomic E-state index is 0.0779. The fourth-order valence-electron chi connectivity index (χ4n) is 1.92. The Labute approximate surface area is 131 Å². The predicted octanol–water partition coefficient (Wildman–Crippen LogP) is 3.67. The molecule has 2 aromatic carbocycles. The van der Waals surface area contributed by atoms with Crippen LogP contribution < -0.4 is 4.74 Å². The van der Waals surface area contributed by atoms with Gasteiger partial charge in [-0.25, -0.2) is 9.37 Å². The molecule has 0 saturated heterocycles. The van der Waals surface area contributed by atoms with Gasteiger partial charge in [0, 0.05) is 12.5 Å². The molecule has 5 nitrogen and oxygen atoms in total. The molecule has 0 fully saturated rings. The van der Waals surface area contributed by atoms with Crippen LogP contribution >= 0.6 is 0 Å². The summed E-state index contributed by atoms with van der Waals surface area (Å²) in [6.07, 6.45) is 1.49. The first kappa shape index (κ1) is 14.8. The van der Waals surface area contributed by atoms with Gasteiger partial charge in [-0.3, -0.25) is 4.79 Å². The van der Waals surface area contributed by atoms with Gasteiger partial charge in [0.1, 0.15) is 17.3 Å². The van der Waals surface area contributed by atoms with Gasteiger partial charge in [-0.05, 0) is 48.5 Å². The standard InChI is InChI=1S/C17H12FN3O2/c1-11(22)17-20-16(10-19-21-17)12-2-6-14(7-3-12)23-15-8-4-13(18)5-9-15/h2-10H,1H3. The summed E-state index contributed by atoms with van der Waals surface area (Å²) in [5, 5.41) is 7.46. The molecule has 1 heterocycles. The van der Waals surface area contributed by atoms with Crippen molar-refractivity contribution < 1.29 is 13.9 Å². The van der Waals surface area contributed by atoms with E-state index in [9.17, 15) is 9.18 Å². The summed E-state index contributed by atoms with van der Waals surface area (Å²) in [7, 11) is 0. The van der Waals surface area contributed by atoms with Gasteiger partial charge in [0.25, 0.3) is 0 Å². The van der Waals surface area contributed by atoms with Crippen molar-refractivity contribution in [2.24, 2.45) is 0 Å². The monoisotopic (exact) mass is 309 g/mol. The van der Waals surface area contributed by atoms with Crippen molar-refractivity contribution in [3.63, 3.8) is 0 Å². The number of hydrogen-bond acceptors (Lipinski definition) is 5. The van der Waals surface area contributed by atoms with Crippen molar-refractivity contribution in [1.29, 1.82) is 0 Å². The molecule has 6 heteroatoms. The Balaban J connectivity index is 1.80. The van der Waals surface area contributed by atoms with E-state index in [-0.39, 0.29) is 17.4 Å². The lowest BCUT2D eigenvalue weighted by molar-refractivity contribution is 0.100. The minimum Gasteiger partial charge on any atom is -0.457 e. The summed E-state index contributed by atoms with van der Waals surface area (Å²) in [5.41, 5.74) is 1.34. The summed E-state index contributed by atoms with van der Waals surface area (Å²) in [6, 6.07) is 12.9. The van der Waals surface area contributed by atoms with E-state index < -0.39 is 0 Å². The van der Waals surface area contributed by atoms with Crippen molar-refractivity contribution in [2.45, 2.75) is 6.92 Å². The van der Waals surface area contributed by atoms with Crippen LogP contribution in [-0.2, 0) is 0 Å². The molecule has 0 unspecified atom stereocenters. The highest BCUT2D eigenvalue weighted by atomic mass is 19.1. The SMILES string of the molecule is CC(=O)c1nncc(-c2ccc(Oc3ccc(F)cc3)cc2)n1. The lowest BCUT2D eigenvalue weighted by atomic mass is 10.1. The number of nitrogens with zero attached hydrogens (tertiary/aromatic N) is 3. The molecule has 1 aromatic heterocycles. The Morgan fingerprint density at radius 1 is 1.00 bits per heavy atom. The van der Waals surface area contributed by atoms with Gasteiger partial charge >= 0.3 is 0 Å². The summed E-state index contributed by atoms with van der Waals surface area (Å²) < 4.78 is 18.5. The summed E-state index contributed by atoms with van der Waals surface area (Å²) in [6.45, 7) is 1.39. The Kier molecular flexibility index (Phi) is 4.05. The minimum atomic E-state index is -0.315. The van der Waals surface area contributed by atoms with Gasteiger partial charge in [-0.15, -0.1) is 5.10 Å². The first-order chi connectivity index (χ1) is 11.1. The number of carbonyl (C=O) groups is 1. The second-order valence-electron chi connectivity index (χ2n) is 4.80. The smallest absolute Gasteiger partial charge is 0.218 e. The molecule has 3 rings (SSSR count). The van der Waals surface area contributed by atoms with Crippen molar-refractivity contribution in [3.05, 3.63) is 66.4 Å². The molecule has 0 aliphatic heterocycles. The van der Waals surface area contributed by atoms with E-state index in [1.165, 1.54) is 25.3 Å². The molecular formula is C17H12FN3O2. The normalized spacial score (nSPS) is 10.3. The van der Waals surface area contributed by atoms with Crippen LogP contribution in [0, 0.1) is 5.82 Å². The highest BCUT2D eigenvalue weighted by Crippen LogP contribution is 2.24. The number of carbonyl (C=O) groups excluding carboxylic acids is 1. The number of rotatable bonds is 4. The summed E-state index contributed by atoms with van der Waals surface area (Å²) >= 11 is 0. The van der Waals surface area contributed by atoms with E-state index >= 15 is 0 Å². The predicted molar refractivity (Wildman–Crippen MR) is 81.7 cm³/mol. The van der Waals surface area contributed by atoms with Gasteiger partial charge in [0.2, 0.25) is 5.82 Å². The Morgan fingerprint density at radius 3 is 2.22 bits per heavy atom. The highest BCUT2D eigenvalue weighted by Gasteiger charge is 2.07. The maximum absolute atomic E-state index is 12.9. The molecule has 0 spiro atoms. The Morgan fingerprint density at radius 2 is 1.61 bits per heavy atom. The van der Waals surface area contributed by atoms with Crippen molar-refractivity contribution in [1.82, 2.24) is 15.2 Å². The third-order valence-electron chi connectivity index (χ3n) is 3.07. The van der Waals surface area contributed by atoms with E-state index in [0.717, 1.165) is 5.56 Å². The largest absolute Gasteiger partial charge is 0.457 e. The maximum atomic E-state index is 12.9. The average molecular weight is 309 g/mol. The Bertz CT molecular complexity index is 833. The van der Waals surface area contributed by atoms with Crippen LogP contribution in [0.2, 0.25) is 0 Å². The van der Waals surface area contributed by atoms with E-state index in [4.69, 9.17) is 4.74 Å². The molecule has 0 radical (unpaired) electrons. The summed E-state index contributed by atoms with van der Waals surface area (Å²) in [5.74, 6) is 0.672. The number of Topliss-reactive ketones (excluding diaryl/α,β-unsaturated/α-hetero) is 1. The fourth-order valence-corrected chi connectivity index (χ4v) is 1.92. The van der Waals surface area contributed by atoms with Crippen molar-refractivity contribution in [3.8, 4) is 22.8 Å². The maximum Gasteiger partial charge on any atom is 0.218 e. The first-order valence-electron chi connectivity index (χ1n) is 6.86. The molecule has 0 N–H and O–H groups in total. The van der Waals surface area contributed by atoms with Gasteiger partial charge in [-0.1, -0.05) is 0 Å². The zero-order valence-corrected chi connectivity index (χ0v) is 12.2. The third kappa shape index (κ3) is 3.55. The highest BCUT2D eigenvalue weighted by molar-refractivity contribution is 5.90. The van der Waals surface area contributed by atoms with E-state index in [2.05, 4.69) is 15.2 Å². The van der Waals surface area contributed by atoms with Crippen LogP contribution in [0.15, 0.2) is 54.7 Å². The number of aromatic nitrogens is 3. The van der Waals surface area contributed by atoms with Crippen LogP contribution in [0.4, 0.5) is 4.39 Å². The number of ketones is 1. The average Bonchev–Trinajstić information content (AvgIpc) is 2.58. The molecule has 0 bridgehead atoms. The van der Waals surface area contributed by atoms with Crippen LogP contribution in [0.3, 0.4) is 0 Å². The molecule has 0 aliphatic rings. The quantitative estimate of drug-likeness (QED) is 0.688. The first-order valence-corrected chi connectivity index (χ1v) is 6.86. The van der Waals surface area contributed by atoms with E-state index in [1.807, 2.05) is 0 Å². The van der Waals surface area contributed by atoms with Crippen LogP contribution in [0.1, 0.15) is 17.5 Å². The molecule has 0 aliphatic carbocycles. The number of ether oxygens (including phenoxy) is 1. The van der Waals surface area contributed by atoms with Crippen LogP contribution in [-0.4, -0.2) is 21.0 Å². The zero-order valence-electron chi connectivity index (χ0n) is 12.2. The number of halogens is 1. The molecule has 23 heavy (non-hydrogen) atoms. The van der Waals surface area contributed by atoms with E-state index in [1.54, 1.807) is 36.4 Å². The Hall–Kier alpha value is -3.15. The number of hydrogen-bond donors (Lipinski definition) is 0. The zero-order chi connectivity index (χ0) is 16.2. The van der Waals surface area contributed by atoms with Crippen LogP contribution in [0.25, 0.3) is 11.3 Å². The molecule has 0 amide bonds. The lowest BCUT2D eigenvalue weighted by Gasteiger charge is -2.06. The fraction of sp³-hybridized carbons (Fsp3) is 0.0588. The molecule has 3 aromatic rings. The topological polar surface area (TPSA) is 65.0 Å². The number of benzene rings is 2. The molecule has 0 saturated carbocycles. The van der Waals surface area contributed by atoms with Gasteiger partial charge < -0.3 is 4.74 Å². The summed E-state index contributed by atoms with van der Waals surface area (Å²) in [4.78, 5) is 15.5. The van der Waals surface area contributed by atoms with Crippen molar-refractivity contribution >= 4 is 5.78 Å². The second kappa shape index (κ2) is 6.31. The van der Waals surface area contributed by atoms with Gasteiger partial charge in [0.15, 0.2) is 5.78 Å². The molecule has 114 valence electrons. The van der Waals surface area contributed by atoms with Crippen LogP contribution in [0.5, 0.6) is 11.5 Å². The lowest BCUT2D eigenvalue weighted by Crippen LogP contribution is -2.03.